The molecule has 0 saturated carbocycles. The van der Waals surface area contributed by atoms with Gasteiger partial charge in [0, 0.05) is 33.8 Å². The molecule has 0 aromatic carbocycles. The van der Waals surface area contributed by atoms with E-state index in [0.717, 1.165) is 11.0 Å². The van der Waals surface area contributed by atoms with Gasteiger partial charge in [0.25, 0.3) is 5.56 Å². The summed E-state index contributed by atoms with van der Waals surface area (Å²) in [5.41, 5.74) is -0.285. The number of aryl methyl sites for hydroxylation is 1. The highest BCUT2D eigenvalue weighted by atomic mass is 16.2. The van der Waals surface area contributed by atoms with Crippen LogP contribution in [-0.2, 0) is 25.4 Å². The fraction of sp³-hybridized carbons (Fsp3) is 0.583. The number of rotatable bonds is 4. The van der Waals surface area contributed by atoms with Crippen LogP contribution in [0.15, 0.2) is 15.8 Å². The van der Waals surface area contributed by atoms with Crippen molar-refractivity contribution in [3.63, 3.8) is 0 Å². The lowest BCUT2D eigenvalue weighted by molar-refractivity contribution is -0.130. The Balaban J connectivity index is 3.03. The fourth-order valence-corrected chi connectivity index (χ4v) is 1.74. The van der Waals surface area contributed by atoms with Gasteiger partial charge in [-0.05, 0) is 6.42 Å². The Morgan fingerprint density at radius 1 is 1.33 bits per heavy atom. The van der Waals surface area contributed by atoms with E-state index in [9.17, 15) is 14.4 Å². The molecule has 0 bridgehead atoms. The summed E-state index contributed by atoms with van der Waals surface area (Å²) in [6.07, 6.45) is 2.72. The Hall–Kier alpha value is -1.85. The first-order chi connectivity index (χ1) is 8.38. The molecule has 1 aromatic rings. The maximum absolute atomic E-state index is 11.9. The molecular weight excluding hydrogens is 234 g/mol. The van der Waals surface area contributed by atoms with Gasteiger partial charge in [0.1, 0.15) is 0 Å². The summed E-state index contributed by atoms with van der Waals surface area (Å²) >= 11 is 0. The Morgan fingerprint density at radius 3 is 2.50 bits per heavy atom. The molecule has 0 unspecified atom stereocenters. The second kappa shape index (κ2) is 5.66. The van der Waals surface area contributed by atoms with E-state index in [0.29, 0.717) is 12.0 Å². The molecular formula is C12H19N3O3. The van der Waals surface area contributed by atoms with Gasteiger partial charge in [0.15, 0.2) is 0 Å². The van der Waals surface area contributed by atoms with Gasteiger partial charge in [-0.15, -0.1) is 0 Å². The molecule has 0 fully saturated rings. The van der Waals surface area contributed by atoms with Gasteiger partial charge >= 0.3 is 5.69 Å². The zero-order valence-corrected chi connectivity index (χ0v) is 11.3. The molecule has 100 valence electrons. The van der Waals surface area contributed by atoms with E-state index in [4.69, 9.17) is 0 Å². The standard InChI is InChI=1S/C12H19N3O3/c1-5-6-10(16)13(2)7-9-8-14(3)12(18)15(4)11(9)17/h8H,5-7H2,1-4H3. The van der Waals surface area contributed by atoms with E-state index in [2.05, 4.69) is 0 Å². The number of hydrogen-bond donors (Lipinski definition) is 0. The molecule has 6 heteroatoms. The van der Waals surface area contributed by atoms with E-state index in [1.807, 2.05) is 6.92 Å². The molecule has 1 rings (SSSR count). The zero-order valence-electron chi connectivity index (χ0n) is 11.3. The third-order valence-corrected chi connectivity index (χ3v) is 2.81. The lowest BCUT2D eigenvalue weighted by atomic mass is 10.2. The topological polar surface area (TPSA) is 64.3 Å². The molecule has 0 spiro atoms. The minimum absolute atomic E-state index is 0.00611. The van der Waals surface area contributed by atoms with E-state index in [-0.39, 0.29) is 23.7 Å². The van der Waals surface area contributed by atoms with Crippen molar-refractivity contribution in [1.82, 2.24) is 14.0 Å². The summed E-state index contributed by atoms with van der Waals surface area (Å²) in [4.78, 5) is 36.5. The van der Waals surface area contributed by atoms with Gasteiger partial charge in [-0.2, -0.15) is 0 Å². The van der Waals surface area contributed by atoms with Gasteiger partial charge in [-0.25, -0.2) is 4.79 Å². The van der Waals surface area contributed by atoms with E-state index < -0.39 is 0 Å². The smallest absolute Gasteiger partial charge is 0.330 e. The average molecular weight is 253 g/mol. The number of carbonyl (C=O) groups is 1. The molecule has 0 radical (unpaired) electrons. The summed E-state index contributed by atoms with van der Waals surface area (Å²) in [6.45, 7) is 2.15. The third-order valence-electron chi connectivity index (χ3n) is 2.81. The van der Waals surface area contributed by atoms with Crippen molar-refractivity contribution >= 4 is 5.91 Å². The van der Waals surface area contributed by atoms with Crippen LogP contribution in [0.4, 0.5) is 0 Å². The molecule has 1 aromatic heterocycles. The van der Waals surface area contributed by atoms with Crippen LogP contribution in [0.5, 0.6) is 0 Å². The first-order valence-corrected chi connectivity index (χ1v) is 5.88. The molecule has 0 aliphatic heterocycles. The van der Waals surface area contributed by atoms with Crippen LogP contribution in [0, 0.1) is 0 Å². The first kappa shape index (κ1) is 14.2. The Bertz CT molecular complexity index is 557. The van der Waals surface area contributed by atoms with Crippen LogP contribution in [-0.4, -0.2) is 27.0 Å². The van der Waals surface area contributed by atoms with Crippen LogP contribution in [0.1, 0.15) is 25.3 Å². The van der Waals surface area contributed by atoms with Crippen LogP contribution >= 0.6 is 0 Å². The molecule has 0 N–H and O–H groups in total. The minimum Gasteiger partial charge on any atom is -0.341 e. The average Bonchev–Trinajstić information content (AvgIpc) is 2.33. The second-order valence-corrected chi connectivity index (χ2v) is 4.41. The largest absolute Gasteiger partial charge is 0.341 e. The van der Waals surface area contributed by atoms with E-state index in [1.165, 1.54) is 22.7 Å². The summed E-state index contributed by atoms with van der Waals surface area (Å²) in [6, 6.07) is 0. The molecule has 6 nitrogen and oxygen atoms in total. The normalized spacial score (nSPS) is 10.4. The molecule has 0 aliphatic carbocycles. The van der Waals surface area contributed by atoms with Crippen molar-refractivity contribution in [2.24, 2.45) is 14.1 Å². The number of amides is 1. The SMILES string of the molecule is CCCC(=O)N(C)Cc1cn(C)c(=O)n(C)c1=O. The number of carbonyl (C=O) groups excluding carboxylic acids is 1. The van der Waals surface area contributed by atoms with Crippen molar-refractivity contribution in [3.8, 4) is 0 Å². The highest BCUT2D eigenvalue weighted by molar-refractivity contribution is 5.75. The van der Waals surface area contributed by atoms with Crippen molar-refractivity contribution in [1.29, 1.82) is 0 Å². The molecule has 0 atom stereocenters. The second-order valence-electron chi connectivity index (χ2n) is 4.41. The summed E-state index contributed by atoms with van der Waals surface area (Å²) in [5.74, 6) is -0.00611. The van der Waals surface area contributed by atoms with Crippen LogP contribution < -0.4 is 11.2 Å². The fourth-order valence-electron chi connectivity index (χ4n) is 1.74. The summed E-state index contributed by atoms with van der Waals surface area (Å²) in [5, 5.41) is 0. The van der Waals surface area contributed by atoms with Crippen molar-refractivity contribution < 1.29 is 4.79 Å². The summed E-state index contributed by atoms with van der Waals surface area (Å²) < 4.78 is 2.39. The third kappa shape index (κ3) is 2.88. The van der Waals surface area contributed by atoms with Gasteiger partial charge in [0.2, 0.25) is 5.91 Å². The highest BCUT2D eigenvalue weighted by Gasteiger charge is 2.12. The number of nitrogens with zero attached hydrogens (tertiary/aromatic N) is 3. The Labute approximate surface area is 105 Å². The molecule has 0 aliphatic rings. The molecule has 0 saturated heterocycles. The Morgan fingerprint density at radius 2 is 1.94 bits per heavy atom. The van der Waals surface area contributed by atoms with Gasteiger partial charge < -0.3 is 9.47 Å². The van der Waals surface area contributed by atoms with Crippen LogP contribution in [0.25, 0.3) is 0 Å². The van der Waals surface area contributed by atoms with Crippen molar-refractivity contribution in [3.05, 3.63) is 32.6 Å². The monoisotopic (exact) mass is 253 g/mol. The number of aromatic nitrogens is 2. The molecule has 1 amide bonds. The predicted octanol–water partition coefficient (Wildman–Crippen LogP) is -0.157. The zero-order chi connectivity index (χ0) is 13.9. The highest BCUT2D eigenvalue weighted by Crippen LogP contribution is 2.00. The van der Waals surface area contributed by atoms with Crippen LogP contribution in [0.3, 0.4) is 0 Å². The molecule has 1 heterocycles. The van der Waals surface area contributed by atoms with Gasteiger partial charge in [-0.3, -0.25) is 14.2 Å². The van der Waals surface area contributed by atoms with Crippen molar-refractivity contribution in [2.75, 3.05) is 7.05 Å². The molecule has 18 heavy (non-hydrogen) atoms. The van der Waals surface area contributed by atoms with E-state index in [1.54, 1.807) is 14.1 Å². The maximum Gasteiger partial charge on any atom is 0.330 e. The minimum atomic E-state index is -0.369. The quantitative estimate of drug-likeness (QED) is 0.749. The van der Waals surface area contributed by atoms with Crippen LogP contribution in [0.2, 0.25) is 0 Å². The lowest BCUT2D eigenvalue weighted by Gasteiger charge is -2.17. The van der Waals surface area contributed by atoms with Gasteiger partial charge in [-0.1, -0.05) is 6.92 Å². The maximum atomic E-state index is 11.9. The first-order valence-electron chi connectivity index (χ1n) is 5.88. The summed E-state index contributed by atoms with van der Waals surface area (Å²) in [7, 11) is 4.67. The predicted molar refractivity (Wildman–Crippen MR) is 68.3 cm³/mol. The van der Waals surface area contributed by atoms with Crippen molar-refractivity contribution in [2.45, 2.75) is 26.3 Å². The number of hydrogen-bond acceptors (Lipinski definition) is 3. The van der Waals surface area contributed by atoms with E-state index >= 15 is 0 Å². The Kier molecular flexibility index (Phi) is 4.47. The lowest BCUT2D eigenvalue weighted by Crippen LogP contribution is -2.40. The van der Waals surface area contributed by atoms with Gasteiger partial charge in [0.05, 0.1) is 12.1 Å².